The molecule has 2 bridgehead atoms. The molecule has 2 aliphatic carbocycles. The van der Waals surface area contributed by atoms with Gasteiger partial charge in [0, 0.05) is 23.2 Å². The van der Waals surface area contributed by atoms with Crippen LogP contribution in [0.5, 0.6) is 11.5 Å². The summed E-state index contributed by atoms with van der Waals surface area (Å²) in [7, 11) is 1.70. The third kappa shape index (κ3) is 4.22. The van der Waals surface area contributed by atoms with Crippen molar-refractivity contribution in [1.29, 1.82) is 0 Å². The number of aromatic nitrogens is 4. The van der Waals surface area contributed by atoms with Gasteiger partial charge >= 0.3 is 5.76 Å². The van der Waals surface area contributed by atoms with Gasteiger partial charge in [-0.15, -0.1) is 16.4 Å². The van der Waals surface area contributed by atoms with E-state index in [2.05, 4.69) is 21.6 Å². The molecule has 3 fully saturated rings. The number of carbonyl (C=O) groups is 1. The highest BCUT2D eigenvalue weighted by atomic mass is 32.1. The van der Waals surface area contributed by atoms with Gasteiger partial charge in [0.1, 0.15) is 29.7 Å². The molecule has 250 valence electrons. The topological polar surface area (TPSA) is 135 Å². The Balaban J connectivity index is 1.15. The van der Waals surface area contributed by atoms with Crippen LogP contribution in [0.3, 0.4) is 0 Å². The van der Waals surface area contributed by atoms with Crippen LogP contribution in [0.2, 0.25) is 0 Å². The minimum absolute atomic E-state index is 0.00675. The Labute approximate surface area is 288 Å². The lowest BCUT2D eigenvalue weighted by atomic mass is 9.71. The van der Waals surface area contributed by atoms with E-state index in [-0.39, 0.29) is 30.3 Å². The number of hydrogen-bond acceptors (Lipinski definition) is 10. The molecule has 50 heavy (non-hydrogen) atoms. The van der Waals surface area contributed by atoms with Crippen LogP contribution in [0.4, 0.5) is 10.2 Å². The van der Waals surface area contributed by atoms with Crippen molar-refractivity contribution in [2.24, 2.45) is 5.92 Å². The number of thiophene rings is 1. The number of amides is 1. The highest BCUT2D eigenvalue weighted by Crippen LogP contribution is 2.63. The number of aromatic amines is 1. The fourth-order valence-corrected chi connectivity index (χ4v) is 9.67. The number of fused-ring (bicyclic) bond motifs is 3. The lowest BCUT2D eigenvalue weighted by Crippen LogP contribution is -2.40. The van der Waals surface area contributed by atoms with Gasteiger partial charge in [-0.05, 0) is 90.6 Å². The summed E-state index contributed by atoms with van der Waals surface area (Å²) in [5, 5.41) is 11.2. The monoisotopic (exact) mass is 688 g/mol. The average Bonchev–Trinajstić information content (AvgIpc) is 3.96. The van der Waals surface area contributed by atoms with E-state index in [1.165, 1.54) is 34.6 Å². The fourth-order valence-electron chi connectivity index (χ4n) is 8.51. The average molecular weight is 689 g/mol. The van der Waals surface area contributed by atoms with E-state index < -0.39 is 11.3 Å². The number of nitrogens with one attached hydrogen (secondary N) is 2. The number of halogens is 1. The Bertz CT molecular complexity index is 2430. The van der Waals surface area contributed by atoms with Crippen LogP contribution in [-0.4, -0.2) is 44.6 Å². The van der Waals surface area contributed by atoms with Crippen molar-refractivity contribution in [1.82, 2.24) is 25.1 Å². The van der Waals surface area contributed by atoms with Crippen molar-refractivity contribution in [3.8, 4) is 33.4 Å². The summed E-state index contributed by atoms with van der Waals surface area (Å²) in [5.41, 5.74) is 4.61. The summed E-state index contributed by atoms with van der Waals surface area (Å²) < 4.78 is 32.0. The highest BCUT2D eigenvalue weighted by molar-refractivity contribution is 7.23. The first kappa shape index (κ1) is 29.4. The Hall–Kier alpha value is -5.56. The molecule has 5 aliphatic rings. The number of anilines is 1. The van der Waals surface area contributed by atoms with Gasteiger partial charge in [0.05, 0.1) is 45.9 Å². The molecule has 6 aromatic rings. The van der Waals surface area contributed by atoms with Gasteiger partial charge in [-0.25, -0.2) is 19.3 Å². The number of nitrogens with zero attached hydrogens (tertiary/aromatic N) is 4. The fraction of sp³-hybridized carbons (Fsp3) is 0.270. The van der Waals surface area contributed by atoms with Crippen molar-refractivity contribution in [3.63, 3.8) is 0 Å². The molecule has 1 saturated carbocycles. The zero-order valence-electron chi connectivity index (χ0n) is 26.8. The SMILES string of the molecule is COc1cccc2c1CC[C@H]2Nc1nccc2cc(-c3c4c(nc(COc5ccc(F)cc5)c3-c3n[nH]c(=O)o3)C35CC(CN3C4=O)C5)sc12. The molecule has 11 nitrogen and oxygen atoms in total. The highest BCUT2D eigenvalue weighted by Gasteiger charge is 2.65. The maximum Gasteiger partial charge on any atom is 0.434 e. The molecular formula is C37H29FN6O5S. The predicted octanol–water partition coefficient (Wildman–Crippen LogP) is 6.60. The number of hydrogen-bond donors (Lipinski definition) is 2. The van der Waals surface area contributed by atoms with Gasteiger partial charge in [-0.1, -0.05) is 12.1 Å². The maximum atomic E-state index is 14.4. The number of rotatable bonds is 8. The van der Waals surface area contributed by atoms with E-state index in [1.54, 1.807) is 25.4 Å². The third-order valence-electron chi connectivity index (χ3n) is 10.7. The largest absolute Gasteiger partial charge is 0.496 e. The number of benzene rings is 2. The number of ether oxygens (including phenoxy) is 2. The van der Waals surface area contributed by atoms with Gasteiger partial charge in [0.15, 0.2) is 0 Å². The Morgan fingerprint density at radius 1 is 1.12 bits per heavy atom. The summed E-state index contributed by atoms with van der Waals surface area (Å²) in [6.07, 6.45) is 5.28. The van der Waals surface area contributed by atoms with E-state index in [1.807, 2.05) is 29.2 Å². The first-order chi connectivity index (χ1) is 24.4. The lowest BCUT2D eigenvalue weighted by Gasteiger charge is -2.37. The van der Waals surface area contributed by atoms with Gasteiger partial charge in [0.25, 0.3) is 11.8 Å². The molecule has 1 amide bonds. The molecule has 4 aromatic heterocycles. The van der Waals surface area contributed by atoms with Crippen LogP contribution in [0.25, 0.3) is 32.0 Å². The molecule has 2 aromatic carbocycles. The molecule has 13 heteroatoms. The quantitative estimate of drug-likeness (QED) is 0.181. The van der Waals surface area contributed by atoms with Crippen LogP contribution < -0.4 is 20.5 Å². The van der Waals surface area contributed by atoms with Crippen LogP contribution in [0.1, 0.15) is 58.2 Å². The van der Waals surface area contributed by atoms with Gasteiger partial charge in [-0.2, -0.15) is 0 Å². The van der Waals surface area contributed by atoms with E-state index in [0.29, 0.717) is 40.6 Å². The van der Waals surface area contributed by atoms with Crippen molar-refractivity contribution >= 4 is 33.1 Å². The first-order valence-corrected chi connectivity index (χ1v) is 17.4. The molecule has 0 unspecified atom stereocenters. The van der Waals surface area contributed by atoms with Crippen LogP contribution in [0.15, 0.2) is 70.0 Å². The van der Waals surface area contributed by atoms with Crippen LogP contribution in [-0.2, 0) is 18.6 Å². The second-order valence-corrected chi connectivity index (χ2v) is 14.4. The lowest BCUT2D eigenvalue weighted by molar-refractivity contribution is 0.0637. The summed E-state index contributed by atoms with van der Waals surface area (Å²) in [4.78, 5) is 39.4. The van der Waals surface area contributed by atoms with Gasteiger partial charge in [-0.3, -0.25) is 9.78 Å². The minimum atomic E-state index is -0.732. The Kier molecular flexibility index (Phi) is 6.29. The number of H-pyrrole nitrogens is 1. The van der Waals surface area contributed by atoms with Crippen molar-refractivity contribution in [2.45, 2.75) is 43.9 Å². The summed E-state index contributed by atoms with van der Waals surface area (Å²) in [6, 6.07) is 15.9. The van der Waals surface area contributed by atoms with E-state index in [0.717, 1.165) is 57.9 Å². The molecular weight excluding hydrogens is 660 g/mol. The summed E-state index contributed by atoms with van der Waals surface area (Å²) in [6.45, 7) is 0.649. The zero-order valence-corrected chi connectivity index (χ0v) is 27.6. The van der Waals surface area contributed by atoms with Crippen LogP contribution >= 0.6 is 11.3 Å². The smallest absolute Gasteiger partial charge is 0.434 e. The number of methoxy groups -OCH3 is 1. The third-order valence-corrected chi connectivity index (χ3v) is 11.8. The summed E-state index contributed by atoms with van der Waals surface area (Å²) in [5.74, 6) is 1.34. The number of carbonyl (C=O) groups excluding carboxylic acids is 1. The molecule has 1 spiro atoms. The van der Waals surface area contributed by atoms with Gasteiger partial charge in [0.2, 0.25) is 0 Å². The second-order valence-electron chi connectivity index (χ2n) is 13.4. The van der Waals surface area contributed by atoms with E-state index >= 15 is 0 Å². The van der Waals surface area contributed by atoms with Crippen molar-refractivity contribution in [3.05, 3.63) is 105 Å². The normalized spacial score (nSPS) is 21.2. The van der Waals surface area contributed by atoms with Gasteiger partial charge < -0.3 is 24.1 Å². The molecule has 2 N–H and O–H groups in total. The molecule has 11 rings (SSSR count). The standard InChI is InChI=1S/C37H29FN6O5S/c1-47-26-4-2-3-22-23(26)9-10-24(22)41-33-31-19(11-12-39-33)13-27(50-31)29-28(34-42-43-36(46)49-34)25(17-48-21-7-5-20(38)6-8-21)40-32-30(29)35(45)44-16-18-14-37(32,44)15-18/h2-8,11-13,18,24H,9-10,14-17H2,1H3,(H,39,41)(H,43,46)/t18?,24-,37?/m1/s1. The van der Waals surface area contributed by atoms with Crippen molar-refractivity contribution in [2.75, 3.05) is 19.0 Å². The minimum Gasteiger partial charge on any atom is -0.496 e. The molecule has 1 atom stereocenters. The van der Waals surface area contributed by atoms with Crippen LogP contribution in [0, 0.1) is 11.7 Å². The zero-order chi connectivity index (χ0) is 33.7. The second kappa shape index (κ2) is 10.7. The molecule has 0 radical (unpaired) electrons. The predicted molar refractivity (Wildman–Crippen MR) is 183 cm³/mol. The molecule has 2 saturated heterocycles. The number of pyridine rings is 2. The Morgan fingerprint density at radius 2 is 1.98 bits per heavy atom. The van der Waals surface area contributed by atoms with E-state index in [9.17, 15) is 14.0 Å². The van der Waals surface area contributed by atoms with E-state index in [4.69, 9.17) is 23.9 Å². The van der Waals surface area contributed by atoms with Crippen molar-refractivity contribution < 1.29 is 23.1 Å². The summed E-state index contributed by atoms with van der Waals surface area (Å²) >= 11 is 1.51. The Morgan fingerprint density at radius 3 is 2.78 bits per heavy atom. The molecule has 3 aliphatic heterocycles. The molecule has 7 heterocycles. The maximum absolute atomic E-state index is 14.4. The first-order valence-electron chi connectivity index (χ1n) is 16.5.